The van der Waals surface area contributed by atoms with Crippen LogP contribution in [-0.4, -0.2) is 44.7 Å². The smallest absolute Gasteiger partial charge is 0.0940 e. The van der Waals surface area contributed by atoms with Crippen LogP contribution in [0.25, 0.3) is 0 Å². The number of hydrogen-bond donors (Lipinski definition) is 1. The Morgan fingerprint density at radius 2 is 2.29 bits per heavy atom. The maximum absolute atomic E-state index is 6.51. The molecule has 0 radical (unpaired) electrons. The highest BCUT2D eigenvalue weighted by Gasteiger charge is 2.46. The Morgan fingerprint density at radius 3 is 2.88 bits per heavy atom. The van der Waals surface area contributed by atoms with Gasteiger partial charge in [0.15, 0.2) is 0 Å². The first-order chi connectivity index (χ1) is 8.14. The van der Waals surface area contributed by atoms with E-state index < -0.39 is 0 Å². The van der Waals surface area contributed by atoms with Crippen molar-refractivity contribution in [1.82, 2.24) is 0 Å². The standard InChI is InChI=1S/C13H25NO3/c1-3-13(14,10-15-2)11-4-6-17-12(8-11)5-7-16-9-12/h11H,3-10,14H2,1-2H3. The number of nitrogens with two attached hydrogens (primary N) is 1. The Labute approximate surface area is 104 Å². The van der Waals surface area contributed by atoms with Crippen LogP contribution in [0, 0.1) is 5.92 Å². The summed E-state index contributed by atoms with van der Waals surface area (Å²) in [5, 5.41) is 0. The molecule has 0 saturated carbocycles. The van der Waals surface area contributed by atoms with E-state index in [1.165, 1.54) is 0 Å². The molecule has 0 amide bonds. The van der Waals surface area contributed by atoms with Crippen molar-refractivity contribution in [2.45, 2.75) is 43.7 Å². The molecule has 1 spiro atoms. The summed E-state index contributed by atoms with van der Waals surface area (Å²) in [6, 6.07) is 0. The Hall–Kier alpha value is -0.160. The molecule has 2 aliphatic rings. The summed E-state index contributed by atoms with van der Waals surface area (Å²) >= 11 is 0. The van der Waals surface area contributed by atoms with Crippen molar-refractivity contribution < 1.29 is 14.2 Å². The summed E-state index contributed by atoms with van der Waals surface area (Å²) in [5.74, 6) is 0.475. The summed E-state index contributed by atoms with van der Waals surface area (Å²) in [6.45, 7) is 5.13. The Kier molecular flexibility index (Phi) is 4.08. The molecular formula is C13H25NO3. The van der Waals surface area contributed by atoms with Gasteiger partial charge in [0.05, 0.1) is 18.8 Å². The fourth-order valence-corrected chi connectivity index (χ4v) is 3.16. The van der Waals surface area contributed by atoms with Gasteiger partial charge >= 0.3 is 0 Å². The van der Waals surface area contributed by atoms with Gasteiger partial charge in [-0.05, 0) is 25.2 Å². The molecule has 2 fully saturated rings. The van der Waals surface area contributed by atoms with Crippen LogP contribution in [0.2, 0.25) is 0 Å². The summed E-state index contributed by atoms with van der Waals surface area (Å²) in [7, 11) is 1.73. The second-order valence-electron chi connectivity index (χ2n) is 5.54. The molecule has 3 unspecified atom stereocenters. The predicted molar refractivity (Wildman–Crippen MR) is 65.9 cm³/mol. The van der Waals surface area contributed by atoms with Crippen LogP contribution in [0.1, 0.15) is 32.6 Å². The molecule has 4 nitrogen and oxygen atoms in total. The number of hydrogen-bond acceptors (Lipinski definition) is 4. The van der Waals surface area contributed by atoms with Crippen LogP contribution in [0.3, 0.4) is 0 Å². The van der Waals surface area contributed by atoms with Crippen molar-refractivity contribution in [3.05, 3.63) is 0 Å². The van der Waals surface area contributed by atoms with Gasteiger partial charge in [0.2, 0.25) is 0 Å². The Balaban J connectivity index is 2.05. The molecule has 3 atom stereocenters. The molecule has 0 bridgehead atoms. The highest BCUT2D eigenvalue weighted by Crippen LogP contribution is 2.40. The van der Waals surface area contributed by atoms with Gasteiger partial charge in [-0.3, -0.25) is 0 Å². The predicted octanol–water partition coefficient (Wildman–Crippen LogP) is 1.33. The van der Waals surface area contributed by atoms with E-state index >= 15 is 0 Å². The minimum Gasteiger partial charge on any atom is -0.383 e. The van der Waals surface area contributed by atoms with Crippen LogP contribution in [0.5, 0.6) is 0 Å². The summed E-state index contributed by atoms with van der Waals surface area (Å²) in [4.78, 5) is 0. The van der Waals surface area contributed by atoms with Gasteiger partial charge in [0.25, 0.3) is 0 Å². The zero-order valence-corrected chi connectivity index (χ0v) is 11.0. The van der Waals surface area contributed by atoms with Gasteiger partial charge in [-0.25, -0.2) is 0 Å². The van der Waals surface area contributed by atoms with Gasteiger partial charge in [0.1, 0.15) is 0 Å². The average Bonchev–Trinajstić information content (AvgIpc) is 2.77. The second kappa shape index (κ2) is 5.22. The largest absolute Gasteiger partial charge is 0.383 e. The first-order valence-corrected chi connectivity index (χ1v) is 6.64. The first-order valence-electron chi connectivity index (χ1n) is 6.64. The second-order valence-corrected chi connectivity index (χ2v) is 5.54. The van der Waals surface area contributed by atoms with Crippen LogP contribution in [0.4, 0.5) is 0 Å². The van der Waals surface area contributed by atoms with Crippen molar-refractivity contribution in [2.75, 3.05) is 33.5 Å². The molecule has 2 aliphatic heterocycles. The summed E-state index contributed by atoms with van der Waals surface area (Å²) in [5.41, 5.74) is 6.24. The van der Waals surface area contributed by atoms with Gasteiger partial charge < -0.3 is 19.9 Å². The number of ether oxygens (including phenoxy) is 3. The summed E-state index contributed by atoms with van der Waals surface area (Å²) in [6.07, 6.45) is 4.01. The van der Waals surface area contributed by atoms with Crippen molar-refractivity contribution in [2.24, 2.45) is 11.7 Å². The molecule has 0 aromatic heterocycles. The van der Waals surface area contributed by atoms with E-state index in [2.05, 4.69) is 6.92 Å². The van der Waals surface area contributed by atoms with Gasteiger partial charge in [-0.1, -0.05) is 6.92 Å². The number of rotatable bonds is 4. The molecule has 4 heteroatoms. The van der Waals surface area contributed by atoms with E-state index in [-0.39, 0.29) is 11.1 Å². The van der Waals surface area contributed by atoms with Crippen LogP contribution < -0.4 is 5.73 Å². The zero-order chi connectivity index (χ0) is 12.4. The van der Waals surface area contributed by atoms with Crippen molar-refractivity contribution in [3.8, 4) is 0 Å². The van der Waals surface area contributed by atoms with E-state index in [1.807, 2.05) is 0 Å². The molecule has 0 aliphatic carbocycles. The lowest BCUT2D eigenvalue weighted by molar-refractivity contribution is -0.114. The molecule has 100 valence electrons. The maximum atomic E-state index is 6.51. The first kappa shape index (κ1) is 13.3. The fourth-order valence-electron chi connectivity index (χ4n) is 3.16. The topological polar surface area (TPSA) is 53.7 Å². The minimum atomic E-state index is -0.214. The molecule has 0 aromatic rings. The van der Waals surface area contributed by atoms with Crippen LogP contribution in [0.15, 0.2) is 0 Å². The highest BCUT2D eigenvalue weighted by molar-refractivity contribution is 4.99. The van der Waals surface area contributed by atoms with Gasteiger partial charge in [-0.15, -0.1) is 0 Å². The normalized spacial score (nSPS) is 37.2. The fraction of sp³-hybridized carbons (Fsp3) is 1.00. The third kappa shape index (κ3) is 2.65. The average molecular weight is 243 g/mol. The lowest BCUT2D eigenvalue weighted by Gasteiger charge is -2.45. The molecule has 2 heterocycles. The molecule has 0 aromatic carbocycles. The van der Waals surface area contributed by atoms with E-state index in [4.69, 9.17) is 19.9 Å². The third-order valence-electron chi connectivity index (χ3n) is 4.44. The molecular weight excluding hydrogens is 218 g/mol. The lowest BCUT2D eigenvalue weighted by Crippen LogP contribution is -2.56. The molecule has 2 N–H and O–H groups in total. The van der Waals surface area contributed by atoms with Gasteiger partial charge in [0, 0.05) is 32.3 Å². The van der Waals surface area contributed by atoms with Gasteiger partial charge in [-0.2, -0.15) is 0 Å². The monoisotopic (exact) mass is 243 g/mol. The van der Waals surface area contributed by atoms with Crippen molar-refractivity contribution >= 4 is 0 Å². The molecule has 2 rings (SSSR count). The quantitative estimate of drug-likeness (QED) is 0.809. The molecule has 2 saturated heterocycles. The highest BCUT2D eigenvalue weighted by atomic mass is 16.6. The van der Waals surface area contributed by atoms with E-state index in [9.17, 15) is 0 Å². The van der Waals surface area contributed by atoms with Crippen molar-refractivity contribution in [3.63, 3.8) is 0 Å². The minimum absolute atomic E-state index is 0.0591. The Morgan fingerprint density at radius 1 is 1.47 bits per heavy atom. The summed E-state index contributed by atoms with van der Waals surface area (Å²) < 4.78 is 16.8. The number of methoxy groups -OCH3 is 1. The molecule has 17 heavy (non-hydrogen) atoms. The van der Waals surface area contributed by atoms with Crippen molar-refractivity contribution in [1.29, 1.82) is 0 Å². The van der Waals surface area contributed by atoms with E-state index in [0.29, 0.717) is 12.5 Å². The maximum Gasteiger partial charge on any atom is 0.0940 e. The van der Waals surface area contributed by atoms with E-state index in [1.54, 1.807) is 7.11 Å². The SMILES string of the molecule is CCC(N)(COC)C1CCOC2(CCOC2)C1. The zero-order valence-electron chi connectivity index (χ0n) is 11.0. The van der Waals surface area contributed by atoms with Crippen LogP contribution >= 0.6 is 0 Å². The Bertz CT molecular complexity index is 253. The van der Waals surface area contributed by atoms with E-state index in [0.717, 1.165) is 45.5 Å². The third-order valence-corrected chi connectivity index (χ3v) is 4.44. The van der Waals surface area contributed by atoms with Crippen LogP contribution in [-0.2, 0) is 14.2 Å². The lowest BCUT2D eigenvalue weighted by atomic mass is 9.73.